The summed E-state index contributed by atoms with van der Waals surface area (Å²) in [5.74, 6) is -0.332. The Hall–Kier alpha value is -2.45. The monoisotopic (exact) mass is 380 g/mol. The number of amides is 1. The number of hydrogen-bond acceptors (Lipinski definition) is 4. The molecule has 0 spiro atoms. The van der Waals surface area contributed by atoms with E-state index in [0.717, 1.165) is 11.8 Å². The zero-order valence-corrected chi connectivity index (χ0v) is 15.4. The largest absolute Gasteiger partial charge is 0.497 e. The van der Waals surface area contributed by atoms with Gasteiger partial charge in [0, 0.05) is 19.5 Å². The van der Waals surface area contributed by atoms with Crippen molar-refractivity contribution in [2.24, 2.45) is 0 Å². The van der Waals surface area contributed by atoms with E-state index in [2.05, 4.69) is 5.32 Å². The van der Waals surface area contributed by atoms with Gasteiger partial charge in [-0.3, -0.25) is 4.79 Å². The van der Waals surface area contributed by atoms with Crippen LogP contribution >= 0.6 is 0 Å². The minimum atomic E-state index is -3.51. The van der Waals surface area contributed by atoms with E-state index in [4.69, 9.17) is 4.74 Å². The number of nitrogens with one attached hydrogen (secondary N) is 1. The van der Waals surface area contributed by atoms with Crippen LogP contribution in [0.1, 0.15) is 12.0 Å². The topological polar surface area (TPSA) is 75.7 Å². The molecule has 26 heavy (non-hydrogen) atoms. The van der Waals surface area contributed by atoms with Crippen LogP contribution in [0.15, 0.2) is 48.5 Å². The maximum Gasteiger partial charge on any atom is 0.225 e. The van der Waals surface area contributed by atoms with Gasteiger partial charge in [0.25, 0.3) is 0 Å². The lowest BCUT2D eigenvalue weighted by molar-refractivity contribution is -0.116. The molecule has 2 rings (SSSR count). The summed E-state index contributed by atoms with van der Waals surface area (Å²) in [5.41, 5.74) is 0.837. The van der Waals surface area contributed by atoms with E-state index in [-0.39, 0.29) is 25.2 Å². The number of carbonyl (C=O) groups is 1. The van der Waals surface area contributed by atoms with Crippen molar-refractivity contribution in [3.8, 4) is 5.75 Å². The lowest BCUT2D eigenvalue weighted by Gasteiger charge is -2.20. The molecule has 1 N–H and O–H groups in total. The van der Waals surface area contributed by atoms with Crippen molar-refractivity contribution in [2.45, 2.75) is 13.0 Å². The second-order valence-electron chi connectivity index (χ2n) is 5.72. The number of sulfonamides is 1. The third kappa shape index (κ3) is 5.82. The summed E-state index contributed by atoms with van der Waals surface area (Å²) in [7, 11) is -1.96. The number of anilines is 1. The Morgan fingerprint density at radius 1 is 1.15 bits per heavy atom. The van der Waals surface area contributed by atoms with Crippen LogP contribution in [0.4, 0.5) is 10.1 Å². The van der Waals surface area contributed by atoms with Gasteiger partial charge in [-0.1, -0.05) is 24.3 Å². The molecule has 0 aliphatic heterocycles. The summed E-state index contributed by atoms with van der Waals surface area (Å²) >= 11 is 0. The summed E-state index contributed by atoms with van der Waals surface area (Å²) in [5, 5.41) is 2.44. The molecule has 0 unspecified atom stereocenters. The molecule has 1 amide bonds. The van der Waals surface area contributed by atoms with Gasteiger partial charge >= 0.3 is 0 Å². The molecule has 2 aromatic carbocycles. The second kappa shape index (κ2) is 8.77. The highest BCUT2D eigenvalue weighted by Crippen LogP contribution is 2.16. The van der Waals surface area contributed by atoms with Crippen molar-refractivity contribution >= 4 is 21.6 Å². The van der Waals surface area contributed by atoms with E-state index in [1.165, 1.54) is 22.5 Å². The molecule has 0 heterocycles. The van der Waals surface area contributed by atoms with Crippen LogP contribution in [-0.4, -0.2) is 38.5 Å². The minimum absolute atomic E-state index is 0.00878. The van der Waals surface area contributed by atoms with Crippen LogP contribution in [-0.2, 0) is 21.4 Å². The third-order valence-electron chi connectivity index (χ3n) is 3.72. The first-order chi connectivity index (χ1) is 12.3. The van der Waals surface area contributed by atoms with Gasteiger partial charge in [0.1, 0.15) is 11.6 Å². The normalized spacial score (nSPS) is 11.4. The maximum atomic E-state index is 13.6. The summed E-state index contributed by atoms with van der Waals surface area (Å²) < 4.78 is 43.8. The number of hydrogen-bond donors (Lipinski definition) is 1. The molecule has 2 aromatic rings. The van der Waals surface area contributed by atoms with E-state index in [0.29, 0.717) is 5.75 Å². The molecule has 0 saturated heterocycles. The van der Waals surface area contributed by atoms with Gasteiger partial charge in [-0.05, 0) is 29.8 Å². The Bertz CT molecular complexity index is 854. The zero-order chi connectivity index (χ0) is 19.2. The Balaban J connectivity index is 1.99. The molecule has 0 bridgehead atoms. The van der Waals surface area contributed by atoms with E-state index >= 15 is 0 Å². The molecule has 0 fully saturated rings. The zero-order valence-electron chi connectivity index (χ0n) is 14.6. The number of carbonyl (C=O) groups excluding carboxylic acids is 1. The fourth-order valence-corrected chi connectivity index (χ4v) is 3.10. The first-order valence-electron chi connectivity index (χ1n) is 7.92. The lowest BCUT2D eigenvalue weighted by atomic mass is 10.2. The van der Waals surface area contributed by atoms with Crippen molar-refractivity contribution in [1.82, 2.24) is 4.31 Å². The number of methoxy groups -OCH3 is 1. The quantitative estimate of drug-likeness (QED) is 0.764. The van der Waals surface area contributed by atoms with E-state index < -0.39 is 21.7 Å². The van der Waals surface area contributed by atoms with Crippen molar-refractivity contribution in [3.63, 3.8) is 0 Å². The van der Waals surface area contributed by atoms with Gasteiger partial charge in [0.05, 0.1) is 19.1 Å². The predicted octanol–water partition coefficient (Wildman–Crippen LogP) is 2.62. The lowest BCUT2D eigenvalue weighted by Crippen LogP contribution is -2.32. The van der Waals surface area contributed by atoms with Crippen LogP contribution in [0.3, 0.4) is 0 Å². The first kappa shape index (κ1) is 19.9. The van der Waals surface area contributed by atoms with Crippen molar-refractivity contribution in [1.29, 1.82) is 0 Å². The minimum Gasteiger partial charge on any atom is -0.497 e. The van der Waals surface area contributed by atoms with Crippen molar-refractivity contribution < 1.29 is 22.3 Å². The van der Waals surface area contributed by atoms with E-state index in [9.17, 15) is 17.6 Å². The predicted molar refractivity (Wildman–Crippen MR) is 97.9 cm³/mol. The summed E-state index contributed by atoms with van der Waals surface area (Å²) in [6.07, 6.45) is 1.00. The van der Waals surface area contributed by atoms with Crippen molar-refractivity contribution in [3.05, 3.63) is 59.9 Å². The van der Waals surface area contributed by atoms with Crippen LogP contribution in [0, 0.1) is 5.82 Å². The smallest absolute Gasteiger partial charge is 0.225 e. The van der Waals surface area contributed by atoms with E-state index in [1.807, 2.05) is 0 Å². The van der Waals surface area contributed by atoms with Gasteiger partial charge in [0.2, 0.25) is 15.9 Å². The molecule has 0 aliphatic rings. The number of benzene rings is 2. The highest BCUT2D eigenvalue weighted by atomic mass is 32.2. The molecule has 0 radical (unpaired) electrons. The molecule has 0 saturated carbocycles. The van der Waals surface area contributed by atoms with E-state index in [1.54, 1.807) is 37.4 Å². The summed E-state index contributed by atoms with van der Waals surface area (Å²) in [4.78, 5) is 12.0. The third-order valence-corrected chi connectivity index (χ3v) is 4.97. The molecule has 0 aliphatic carbocycles. The molecule has 0 atom stereocenters. The fraction of sp³-hybridized carbons (Fsp3) is 0.278. The SMILES string of the molecule is COc1ccc(CN(CCC(=O)Nc2ccccc2F)S(C)(=O)=O)cc1. The summed E-state index contributed by atoms with van der Waals surface area (Å²) in [6.45, 7) is 0.126. The average Bonchev–Trinajstić information content (AvgIpc) is 2.60. The maximum absolute atomic E-state index is 13.6. The van der Waals surface area contributed by atoms with Crippen LogP contribution in [0.2, 0.25) is 0 Å². The van der Waals surface area contributed by atoms with Gasteiger partial charge in [0.15, 0.2) is 0 Å². The van der Waals surface area contributed by atoms with Crippen LogP contribution in [0.25, 0.3) is 0 Å². The van der Waals surface area contributed by atoms with Crippen molar-refractivity contribution in [2.75, 3.05) is 25.2 Å². The average molecular weight is 380 g/mol. The van der Waals surface area contributed by atoms with Gasteiger partial charge in [-0.2, -0.15) is 4.31 Å². The van der Waals surface area contributed by atoms with Gasteiger partial charge in [-0.15, -0.1) is 0 Å². The Morgan fingerprint density at radius 3 is 2.38 bits per heavy atom. The number of para-hydroxylation sites is 1. The van der Waals surface area contributed by atoms with Crippen LogP contribution in [0.5, 0.6) is 5.75 Å². The Morgan fingerprint density at radius 2 is 1.81 bits per heavy atom. The number of nitrogens with zero attached hydrogens (tertiary/aromatic N) is 1. The highest BCUT2D eigenvalue weighted by molar-refractivity contribution is 7.88. The highest BCUT2D eigenvalue weighted by Gasteiger charge is 2.18. The fourth-order valence-electron chi connectivity index (χ4n) is 2.30. The first-order valence-corrected chi connectivity index (χ1v) is 9.77. The Labute approximate surface area is 152 Å². The number of halogens is 1. The standard InChI is InChI=1S/C18H21FN2O4S/c1-25-15-9-7-14(8-10-15)13-21(26(2,23)24)12-11-18(22)20-17-6-4-3-5-16(17)19/h3-10H,11-13H2,1-2H3,(H,20,22). The molecule has 140 valence electrons. The molecule has 0 aromatic heterocycles. The molecule has 8 heteroatoms. The number of ether oxygens (including phenoxy) is 1. The molecular weight excluding hydrogens is 359 g/mol. The summed E-state index contributed by atoms with van der Waals surface area (Å²) in [6, 6.07) is 12.8. The molecule has 6 nitrogen and oxygen atoms in total. The van der Waals surface area contributed by atoms with Crippen LogP contribution < -0.4 is 10.1 Å². The molecular formula is C18H21FN2O4S. The van der Waals surface area contributed by atoms with Gasteiger partial charge in [-0.25, -0.2) is 12.8 Å². The number of rotatable bonds is 8. The Kier molecular flexibility index (Phi) is 6.70. The van der Waals surface area contributed by atoms with Gasteiger partial charge < -0.3 is 10.1 Å². The second-order valence-corrected chi connectivity index (χ2v) is 7.71.